The van der Waals surface area contributed by atoms with Gasteiger partial charge in [-0.3, -0.25) is 9.36 Å². The van der Waals surface area contributed by atoms with Gasteiger partial charge in [0.1, 0.15) is 16.6 Å². The molecule has 1 amide bonds. The van der Waals surface area contributed by atoms with Crippen LogP contribution in [0.3, 0.4) is 0 Å². The SMILES string of the molecule is O=C(Cn1c(=O)oc2ccccc21)Nc1sc2c(c1-c1nc3ccccc3s1)CCCC2. The number of hydrogen-bond acceptors (Lipinski definition) is 6. The highest BCUT2D eigenvalue weighted by molar-refractivity contribution is 7.22. The van der Waals surface area contributed by atoms with Crippen LogP contribution in [0.1, 0.15) is 23.3 Å². The Morgan fingerprint density at radius 3 is 2.78 bits per heavy atom. The van der Waals surface area contributed by atoms with Crippen LogP contribution < -0.4 is 11.1 Å². The number of para-hydroxylation sites is 3. The summed E-state index contributed by atoms with van der Waals surface area (Å²) >= 11 is 3.29. The molecule has 6 nitrogen and oxygen atoms in total. The van der Waals surface area contributed by atoms with Crippen LogP contribution >= 0.6 is 22.7 Å². The third kappa shape index (κ3) is 3.27. The highest BCUT2D eigenvalue weighted by Gasteiger charge is 2.25. The van der Waals surface area contributed by atoms with Crippen molar-refractivity contribution in [1.29, 1.82) is 0 Å². The van der Waals surface area contributed by atoms with Crippen molar-refractivity contribution in [2.75, 3.05) is 5.32 Å². The van der Waals surface area contributed by atoms with Crippen molar-refractivity contribution in [1.82, 2.24) is 9.55 Å². The second-order valence-electron chi connectivity index (χ2n) is 7.87. The molecule has 0 fully saturated rings. The molecule has 8 heteroatoms. The first-order valence-corrected chi connectivity index (χ1v) is 12.2. The standard InChI is InChI=1S/C24H19N3O3S2/c28-20(13-27-16-9-3-4-10-17(16)30-24(27)29)26-23-21(14-7-1-5-11-18(14)31-23)22-25-15-8-2-6-12-19(15)32-22/h2-4,6,8-10,12H,1,5,7,11,13H2,(H,26,28). The van der Waals surface area contributed by atoms with Crippen LogP contribution in [-0.4, -0.2) is 15.5 Å². The van der Waals surface area contributed by atoms with Gasteiger partial charge in [-0.05, 0) is 55.5 Å². The van der Waals surface area contributed by atoms with Gasteiger partial charge in [-0.2, -0.15) is 0 Å². The smallest absolute Gasteiger partial charge is 0.408 e. The Kier molecular flexibility index (Phi) is 4.69. The maximum Gasteiger partial charge on any atom is 0.420 e. The molecule has 160 valence electrons. The zero-order chi connectivity index (χ0) is 21.7. The Labute approximate surface area is 191 Å². The van der Waals surface area contributed by atoms with Gasteiger partial charge in [-0.1, -0.05) is 24.3 Å². The fraction of sp³-hybridized carbons (Fsp3) is 0.208. The van der Waals surface area contributed by atoms with Crippen molar-refractivity contribution in [2.45, 2.75) is 32.2 Å². The lowest BCUT2D eigenvalue weighted by Crippen LogP contribution is -2.24. The zero-order valence-corrected chi connectivity index (χ0v) is 18.7. The molecule has 1 aliphatic rings. The van der Waals surface area contributed by atoms with Gasteiger partial charge in [0.05, 0.1) is 15.7 Å². The number of thiazole rings is 1. The molecular weight excluding hydrogens is 442 g/mol. The maximum atomic E-state index is 13.0. The molecule has 3 heterocycles. The Balaban J connectivity index is 1.38. The number of rotatable bonds is 4. The number of nitrogens with zero attached hydrogens (tertiary/aromatic N) is 2. The first-order chi connectivity index (χ1) is 15.7. The van der Waals surface area contributed by atoms with E-state index in [9.17, 15) is 9.59 Å². The van der Waals surface area contributed by atoms with Crippen LogP contribution in [0.15, 0.2) is 57.7 Å². The molecule has 1 aliphatic carbocycles. The van der Waals surface area contributed by atoms with E-state index in [1.807, 2.05) is 24.3 Å². The molecule has 5 aromatic rings. The van der Waals surface area contributed by atoms with Gasteiger partial charge in [0.2, 0.25) is 5.91 Å². The van der Waals surface area contributed by atoms with Gasteiger partial charge in [0, 0.05) is 10.4 Å². The number of aromatic nitrogens is 2. The Bertz CT molecular complexity index is 1510. The Morgan fingerprint density at radius 2 is 1.88 bits per heavy atom. The van der Waals surface area contributed by atoms with Crippen molar-refractivity contribution in [3.05, 3.63) is 69.5 Å². The molecule has 0 unspecified atom stereocenters. The summed E-state index contributed by atoms with van der Waals surface area (Å²) in [6.07, 6.45) is 4.33. The van der Waals surface area contributed by atoms with Gasteiger partial charge in [-0.25, -0.2) is 9.78 Å². The molecule has 0 spiro atoms. The minimum atomic E-state index is -0.529. The molecule has 6 rings (SSSR count). The lowest BCUT2D eigenvalue weighted by atomic mass is 9.96. The monoisotopic (exact) mass is 461 g/mol. The van der Waals surface area contributed by atoms with E-state index in [-0.39, 0.29) is 12.5 Å². The Hall–Kier alpha value is -3.23. The predicted octanol–water partition coefficient (Wildman–Crippen LogP) is 5.45. The summed E-state index contributed by atoms with van der Waals surface area (Å²) < 4.78 is 7.77. The van der Waals surface area contributed by atoms with Crippen LogP contribution in [0.4, 0.5) is 5.00 Å². The van der Waals surface area contributed by atoms with Gasteiger partial charge < -0.3 is 9.73 Å². The number of aryl methyl sites for hydroxylation is 1. The summed E-state index contributed by atoms with van der Waals surface area (Å²) in [7, 11) is 0. The average molecular weight is 462 g/mol. The molecule has 3 aromatic heterocycles. The lowest BCUT2D eigenvalue weighted by molar-refractivity contribution is -0.116. The van der Waals surface area contributed by atoms with Gasteiger partial charge in [0.15, 0.2) is 5.58 Å². The molecule has 0 saturated heterocycles. The first kappa shape index (κ1) is 19.5. The highest BCUT2D eigenvalue weighted by atomic mass is 32.1. The minimum Gasteiger partial charge on any atom is -0.408 e. The van der Waals surface area contributed by atoms with E-state index in [1.54, 1.807) is 40.9 Å². The van der Waals surface area contributed by atoms with Crippen molar-refractivity contribution in [3.8, 4) is 10.6 Å². The fourth-order valence-corrected chi connectivity index (χ4v) is 6.75. The molecule has 0 saturated carbocycles. The fourth-order valence-electron chi connectivity index (χ4n) is 4.33. The van der Waals surface area contributed by atoms with Crippen LogP contribution in [0.25, 0.3) is 31.9 Å². The number of amides is 1. The van der Waals surface area contributed by atoms with Crippen LogP contribution in [0.5, 0.6) is 0 Å². The number of benzene rings is 2. The number of carbonyl (C=O) groups is 1. The quantitative estimate of drug-likeness (QED) is 0.386. The second kappa shape index (κ2) is 7.72. The highest BCUT2D eigenvalue weighted by Crippen LogP contribution is 2.46. The summed E-state index contributed by atoms with van der Waals surface area (Å²) in [5.41, 5.74) is 4.42. The van der Waals surface area contributed by atoms with E-state index in [0.29, 0.717) is 11.1 Å². The summed E-state index contributed by atoms with van der Waals surface area (Å²) in [5, 5.41) is 4.84. The van der Waals surface area contributed by atoms with E-state index in [0.717, 1.165) is 51.5 Å². The number of anilines is 1. The second-order valence-corrected chi connectivity index (χ2v) is 10.0. The summed E-state index contributed by atoms with van der Waals surface area (Å²) in [6.45, 7) is -0.0995. The summed E-state index contributed by atoms with van der Waals surface area (Å²) in [4.78, 5) is 31.5. The van der Waals surface area contributed by atoms with E-state index in [4.69, 9.17) is 9.40 Å². The number of carbonyl (C=O) groups excluding carboxylic acids is 1. The van der Waals surface area contributed by atoms with Crippen molar-refractivity contribution < 1.29 is 9.21 Å². The predicted molar refractivity (Wildman–Crippen MR) is 129 cm³/mol. The number of hydrogen-bond donors (Lipinski definition) is 1. The van der Waals surface area contributed by atoms with Gasteiger partial charge >= 0.3 is 5.76 Å². The van der Waals surface area contributed by atoms with Crippen LogP contribution in [0.2, 0.25) is 0 Å². The van der Waals surface area contributed by atoms with E-state index >= 15 is 0 Å². The number of nitrogens with one attached hydrogen (secondary N) is 1. The van der Waals surface area contributed by atoms with Crippen LogP contribution in [-0.2, 0) is 24.2 Å². The number of fused-ring (bicyclic) bond motifs is 3. The van der Waals surface area contributed by atoms with Gasteiger partial charge in [0.25, 0.3) is 0 Å². The summed E-state index contributed by atoms with van der Waals surface area (Å²) in [5.74, 6) is -0.780. The summed E-state index contributed by atoms with van der Waals surface area (Å²) in [6, 6.07) is 15.2. The largest absolute Gasteiger partial charge is 0.420 e. The zero-order valence-electron chi connectivity index (χ0n) is 17.1. The molecule has 2 aromatic carbocycles. The van der Waals surface area contributed by atoms with Crippen LogP contribution in [0, 0.1) is 0 Å². The molecule has 32 heavy (non-hydrogen) atoms. The molecule has 0 aliphatic heterocycles. The third-order valence-electron chi connectivity index (χ3n) is 5.81. The maximum absolute atomic E-state index is 13.0. The number of thiophene rings is 1. The molecular formula is C24H19N3O3S2. The van der Waals surface area contributed by atoms with E-state index in [1.165, 1.54) is 15.0 Å². The molecule has 0 atom stereocenters. The van der Waals surface area contributed by atoms with Gasteiger partial charge in [-0.15, -0.1) is 22.7 Å². The molecule has 1 N–H and O–H groups in total. The van der Waals surface area contributed by atoms with Crippen molar-refractivity contribution >= 4 is 54.9 Å². The molecule has 0 radical (unpaired) electrons. The first-order valence-electron chi connectivity index (χ1n) is 10.6. The Morgan fingerprint density at radius 1 is 1.06 bits per heavy atom. The topological polar surface area (TPSA) is 77.1 Å². The van der Waals surface area contributed by atoms with Crippen molar-refractivity contribution in [2.24, 2.45) is 0 Å². The molecule has 0 bridgehead atoms. The third-order valence-corrected chi connectivity index (χ3v) is 8.07. The van der Waals surface area contributed by atoms with E-state index < -0.39 is 5.76 Å². The average Bonchev–Trinajstić information content (AvgIpc) is 3.46. The number of oxazole rings is 1. The van der Waals surface area contributed by atoms with E-state index in [2.05, 4.69) is 11.4 Å². The van der Waals surface area contributed by atoms with Crippen molar-refractivity contribution in [3.63, 3.8) is 0 Å². The lowest BCUT2D eigenvalue weighted by Gasteiger charge is -2.11. The normalized spacial score (nSPS) is 13.5. The minimum absolute atomic E-state index is 0.0995.